The van der Waals surface area contributed by atoms with E-state index in [0.29, 0.717) is 30.5 Å². The van der Waals surface area contributed by atoms with Crippen molar-refractivity contribution >= 4 is 33.4 Å². The number of halogens is 2. The molecular formula is C14H17BrClNO3. The smallest absolute Gasteiger partial charge is 0.263 e. The Hall–Kier alpha value is -0.780. The van der Waals surface area contributed by atoms with Gasteiger partial charge in [-0.15, -0.1) is 0 Å². The van der Waals surface area contributed by atoms with Crippen molar-refractivity contribution in [1.82, 2.24) is 4.90 Å². The predicted molar refractivity (Wildman–Crippen MR) is 81.7 cm³/mol. The van der Waals surface area contributed by atoms with Gasteiger partial charge in [-0.2, -0.15) is 0 Å². The molecule has 0 radical (unpaired) electrons. The Bertz CT molecular complexity index is 471. The second kappa shape index (κ2) is 7.29. The summed E-state index contributed by atoms with van der Waals surface area (Å²) in [5.74, 6) is 0.572. The molecule has 1 aliphatic rings. The van der Waals surface area contributed by atoms with Gasteiger partial charge in [0, 0.05) is 23.4 Å². The average molecular weight is 363 g/mol. The molecule has 0 saturated carbocycles. The molecule has 2 atom stereocenters. The Morgan fingerprint density at radius 3 is 3.15 bits per heavy atom. The minimum atomic E-state index is -0.539. The molecule has 2 unspecified atom stereocenters. The monoisotopic (exact) mass is 361 g/mol. The van der Waals surface area contributed by atoms with Crippen molar-refractivity contribution < 1.29 is 14.3 Å². The molecule has 1 saturated heterocycles. The lowest BCUT2D eigenvalue weighted by atomic mass is 10.2. The minimum Gasteiger partial charge on any atom is -0.481 e. The zero-order valence-corrected chi connectivity index (χ0v) is 13.6. The summed E-state index contributed by atoms with van der Waals surface area (Å²) in [5.41, 5.74) is 0. The molecular weight excluding hydrogens is 346 g/mol. The van der Waals surface area contributed by atoms with Gasteiger partial charge in [-0.1, -0.05) is 33.6 Å². The van der Waals surface area contributed by atoms with E-state index in [1.54, 1.807) is 36.1 Å². The third-order valence-corrected chi connectivity index (χ3v) is 4.04. The Morgan fingerprint density at radius 1 is 1.65 bits per heavy atom. The fourth-order valence-corrected chi connectivity index (χ4v) is 2.64. The Morgan fingerprint density at radius 2 is 2.45 bits per heavy atom. The molecule has 0 aliphatic carbocycles. The van der Waals surface area contributed by atoms with Crippen LogP contribution in [0.25, 0.3) is 0 Å². The van der Waals surface area contributed by atoms with Crippen molar-refractivity contribution in [3.8, 4) is 5.75 Å². The van der Waals surface area contributed by atoms with E-state index in [1.807, 2.05) is 0 Å². The van der Waals surface area contributed by atoms with Gasteiger partial charge in [-0.05, 0) is 25.1 Å². The van der Waals surface area contributed by atoms with Crippen molar-refractivity contribution in [1.29, 1.82) is 0 Å². The van der Waals surface area contributed by atoms with Gasteiger partial charge < -0.3 is 14.4 Å². The first-order chi connectivity index (χ1) is 9.60. The van der Waals surface area contributed by atoms with Crippen LogP contribution in [0, 0.1) is 0 Å². The number of benzene rings is 1. The Balaban J connectivity index is 1.94. The number of amides is 1. The Labute approximate surface area is 132 Å². The third-order valence-electron chi connectivity index (χ3n) is 3.08. The second-order valence-electron chi connectivity index (χ2n) is 4.65. The van der Waals surface area contributed by atoms with Crippen molar-refractivity contribution in [3.05, 3.63) is 29.3 Å². The van der Waals surface area contributed by atoms with Crippen LogP contribution in [0.3, 0.4) is 0 Å². The lowest BCUT2D eigenvalue weighted by molar-refractivity contribution is -0.144. The van der Waals surface area contributed by atoms with E-state index in [0.717, 1.165) is 5.33 Å². The van der Waals surface area contributed by atoms with Crippen molar-refractivity contribution in [2.75, 3.05) is 25.0 Å². The number of ether oxygens (including phenoxy) is 2. The molecule has 0 N–H and O–H groups in total. The van der Waals surface area contributed by atoms with Crippen LogP contribution in [-0.4, -0.2) is 48.0 Å². The number of morpholine rings is 1. The summed E-state index contributed by atoms with van der Waals surface area (Å²) in [4.78, 5) is 14.1. The molecule has 1 heterocycles. The van der Waals surface area contributed by atoms with Crippen molar-refractivity contribution in [2.45, 2.75) is 19.1 Å². The first-order valence-electron chi connectivity index (χ1n) is 6.48. The number of alkyl halides is 1. The molecule has 20 heavy (non-hydrogen) atoms. The van der Waals surface area contributed by atoms with Crippen LogP contribution in [0.1, 0.15) is 6.92 Å². The molecule has 2 rings (SSSR count). The highest BCUT2D eigenvalue weighted by Crippen LogP contribution is 2.19. The highest BCUT2D eigenvalue weighted by atomic mass is 79.9. The van der Waals surface area contributed by atoms with Gasteiger partial charge in [-0.3, -0.25) is 4.79 Å². The zero-order valence-electron chi connectivity index (χ0n) is 11.2. The quantitative estimate of drug-likeness (QED) is 0.773. The molecule has 1 fully saturated rings. The largest absolute Gasteiger partial charge is 0.481 e. The molecule has 6 heteroatoms. The van der Waals surface area contributed by atoms with Gasteiger partial charge in [0.25, 0.3) is 5.91 Å². The molecule has 110 valence electrons. The number of carbonyl (C=O) groups is 1. The number of nitrogens with zero attached hydrogens (tertiary/aromatic N) is 1. The van der Waals surface area contributed by atoms with Crippen molar-refractivity contribution in [3.63, 3.8) is 0 Å². The van der Waals surface area contributed by atoms with Crippen LogP contribution in [0.2, 0.25) is 5.02 Å². The SMILES string of the molecule is CC(Oc1cccc(Cl)c1)C(=O)N1CCOC(CBr)C1. The summed E-state index contributed by atoms with van der Waals surface area (Å²) in [5, 5.41) is 1.31. The highest BCUT2D eigenvalue weighted by Gasteiger charge is 2.27. The number of hydrogen-bond acceptors (Lipinski definition) is 3. The molecule has 1 aromatic rings. The fourth-order valence-electron chi connectivity index (χ4n) is 2.06. The molecule has 0 bridgehead atoms. The summed E-state index contributed by atoms with van der Waals surface area (Å²) < 4.78 is 11.2. The third kappa shape index (κ3) is 4.11. The first kappa shape index (κ1) is 15.6. The summed E-state index contributed by atoms with van der Waals surface area (Å²) in [6.07, 6.45) is -0.492. The molecule has 1 aliphatic heterocycles. The summed E-state index contributed by atoms with van der Waals surface area (Å²) in [6, 6.07) is 7.05. The second-order valence-corrected chi connectivity index (χ2v) is 5.73. The van der Waals surface area contributed by atoms with E-state index in [-0.39, 0.29) is 12.0 Å². The summed E-state index contributed by atoms with van der Waals surface area (Å²) >= 11 is 9.27. The predicted octanol–water partition coefficient (Wildman–Crippen LogP) is 2.73. The average Bonchev–Trinajstić information content (AvgIpc) is 2.46. The maximum absolute atomic E-state index is 12.3. The summed E-state index contributed by atoms with van der Waals surface area (Å²) in [7, 11) is 0. The van der Waals surface area contributed by atoms with Gasteiger partial charge in [0.05, 0.1) is 12.7 Å². The molecule has 4 nitrogen and oxygen atoms in total. The molecule has 0 spiro atoms. The molecule has 0 aromatic heterocycles. The lowest BCUT2D eigenvalue weighted by Crippen LogP contribution is -2.50. The number of hydrogen-bond donors (Lipinski definition) is 0. The van der Waals surface area contributed by atoms with E-state index in [4.69, 9.17) is 21.1 Å². The maximum atomic E-state index is 12.3. The number of carbonyl (C=O) groups excluding carboxylic acids is 1. The topological polar surface area (TPSA) is 38.8 Å². The van der Waals surface area contributed by atoms with E-state index in [1.165, 1.54) is 0 Å². The highest BCUT2D eigenvalue weighted by molar-refractivity contribution is 9.09. The first-order valence-corrected chi connectivity index (χ1v) is 7.98. The van der Waals surface area contributed by atoms with E-state index >= 15 is 0 Å². The number of rotatable bonds is 4. The standard InChI is InChI=1S/C14H17BrClNO3/c1-10(20-12-4-2-3-11(16)7-12)14(18)17-5-6-19-13(8-15)9-17/h2-4,7,10,13H,5-6,8-9H2,1H3. The van der Waals surface area contributed by atoms with Crippen LogP contribution in [-0.2, 0) is 9.53 Å². The van der Waals surface area contributed by atoms with Crippen LogP contribution in [0.15, 0.2) is 24.3 Å². The van der Waals surface area contributed by atoms with Gasteiger partial charge in [0.1, 0.15) is 5.75 Å². The maximum Gasteiger partial charge on any atom is 0.263 e. The van der Waals surface area contributed by atoms with E-state index < -0.39 is 6.10 Å². The lowest BCUT2D eigenvalue weighted by Gasteiger charge is -2.33. The molecule has 1 aromatic carbocycles. The van der Waals surface area contributed by atoms with Crippen LogP contribution in [0.4, 0.5) is 0 Å². The zero-order chi connectivity index (χ0) is 14.5. The van der Waals surface area contributed by atoms with Gasteiger partial charge in [0.2, 0.25) is 0 Å². The fraction of sp³-hybridized carbons (Fsp3) is 0.500. The van der Waals surface area contributed by atoms with Crippen LogP contribution >= 0.6 is 27.5 Å². The normalized spacial score (nSPS) is 20.6. The van der Waals surface area contributed by atoms with Crippen molar-refractivity contribution in [2.24, 2.45) is 0 Å². The van der Waals surface area contributed by atoms with Gasteiger partial charge in [0.15, 0.2) is 6.10 Å². The van der Waals surface area contributed by atoms with Gasteiger partial charge in [-0.25, -0.2) is 0 Å². The van der Waals surface area contributed by atoms with Crippen LogP contribution in [0.5, 0.6) is 5.75 Å². The van der Waals surface area contributed by atoms with E-state index in [9.17, 15) is 4.79 Å². The minimum absolute atomic E-state index is 0.0285. The van der Waals surface area contributed by atoms with Gasteiger partial charge >= 0.3 is 0 Å². The van der Waals surface area contributed by atoms with E-state index in [2.05, 4.69) is 15.9 Å². The summed E-state index contributed by atoms with van der Waals surface area (Å²) in [6.45, 7) is 3.51. The molecule has 1 amide bonds. The van der Waals surface area contributed by atoms with Crippen LogP contribution < -0.4 is 4.74 Å². The Kier molecular flexibility index (Phi) is 5.69.